The Hall–Kier alpha value is -0.810. The van der Waals surface area contributed by atoms with E-state index in [1.807, 2.05) is 0 Å². The lowest BCUT2D eigenvalue weighted by Crippen LogP contribution is -2.12. The third-order valence-electron chi connectivity index (χ3n) is 2.15. The lowest BCUT2D eigenvalue weighted by molar-refractivity contribution is -0.137. The molecule has 0 aliphatic heterocycles. The molecule has 1 aromatic carbocycles. The first-order valence-corrected chi connectivity index (χ1v) is 4.92. The zero-order valence-electron chi connectivity index (χ0n) is 8.19. The second-order valence-corrected chi connectivity index (χ2v) is 3.73. The Morgan fingerprint density at radius 2 is 1.94 bits per heavy atom. The van der Waals surface area contributed by atoms with Gasteiger partial charge < -0.3 is 5.73 Å². The number of hydrogen-bond donors (Lipinski definition) is 1. The average Bonchev–Trinajstić information content (AvgIpc) is 2.16. The number of halogens is 5. The molecular weight excluding hydrogens is 246 g/mol. The number of hydrogen-bond acceptors (Lipinski definition) is 1. The molecule has 0 aromatic heterocycles. The fraction of sp³-hybridized carbons (Fsp3) is 0.400. The molecule has 6 heteroatoms. The van der Waals surface area contributed by atoms with Crippen LogP contribution in [0.1, 0.15) is 23.6 Å². The molecule has 1 rings (SSSR count). The summed E-state index contributed by atoms with van der Waals surface area (Å²) in [4.78, 5) is 0. The zero-order valence-corrected chi connectivity index (χ0v) is 8.95. The van der Waals surface area contributed by atoms with E-state index >= 15 is 0 Å². The van der Waals surface area contributed by atoms with Gasteiger partial charge in [0.15, 0.2) is 0 Å². The van der Waals surface area contributed by atoms with Gasteiger partial charge in [0.05, 0.1) is 17.3 Å². The first kappa shape index (κ1) is 13.3. The van der Waals surface area contributed by atoms with Crippen LogP contribution in [0, 0.1) is 0 Å². The molecule has 0 aliphatic carbocycles. The fourth-order valence-electron chi connectivity index (χ4n) is 1.28. The van der Waals surface area contributed by atoms with Gasteiger partial charge in [0.1, 0.15) is 0 Å². The summed E-state index contributed by atoms with van der Waals surface area (Å²) in [6.07, 6.45) is -4.43. The van der Waals surface area contributed by atoms with Gasteiger partial charge in [-0.2, -0.15) is 13.2 Å². The molecule has 0 unspecified atom stereocenters. The molecule has 0 saturated heterocycles. The van der Waals surface area contributed by atoms with E-state index in [-0.39, 0.29) is 6.42 Å². The second kappa shape index (κ2) is 5.01. The minimum absolute atomic E-state index is 0.0572. The van der Waals surface area contributed by atoms with Crippen LogP contribution in [0.2, 0.25) is 5.02 Å². The van der Waals surface area contributed by atoms with Crippen LogP contribution in [0.3, 0.4) is 0 Å². The minimum Gasteiger partial charge on any atom is -0.324 e. The van der Waals surface area contributed by atoms with Crippen LogP contribution in [0.5, 0.6) is 0 Å². The van der Waals surface area contributed by atoms with E-state index in [0.29, 0.717) is 5.56 Å². The normalized spacial score (nSPS) is 13.9. The molecule has 2 N–H and O–H groups in total. The molecule has 0 radical (unpaired) electrons. The molecule has 0 amide bonds. The van der Waals surface area contributed by atoms with Crippen LogP contribution in [0.4, 0.5) is 17.6 Å². The maximum absolute atomic E-state index is 12.4. The SMILES string of the molecule is N[C@H](CCF)c1ccc(C(F)(F)F)c(Cl)c1. The molecule has 1 nitrogen and oxygen atoms in total. The molecule has 0 saturated carbocycles. The maximum atomic E-state index is 12.4. The quantitative estimate of drug-likeness (QED) is 0.819. The van der Waals surface area contributed by atoms with Gasteiger partial charge in [-0.1, -0.05) is 17.7 Å². The van der Waals surface area contributed by atoms with Crippen molar-refractivity contribution in [3.8, 4) is 0 Å². The Labute approximate surface area is 95.2 Å². The minimum atomic E-state index is -4.49. The van der Waals surface area contributed by atoms with Crippen LogP contribution < -0.4 is 5.73 Å². The monoisotopic (exact) mass is 255 g/mol. The predicted octanol–water partition coefficient (Wildman–Crippen LogP) is 3.72. The zero-order chi connectivity index (χ0) is 12.3. The molecule has 0 fully saturated rings. The lowest BCUT2D eigenvalue weighted by atomic mass is 10.0. The lowest BCUT2D eigenvalue weighted by Gasteiger charge is -2.13. The fourth-order valence-corrected chi connectivity index (χ4v) is 1.57. The largest absolute Gasteiger partial charge is 0.417 e. The Morgan fingerprint density at radius 1 is 1.31 bits per heavy atom. The highest BCUT2D eigenvalue weighted by Gasteiger charge is 2.33. The smallest absolute Gasteiger partial charge is 0.324 e. The van der Waals surface area contributed by atoms with E-state index < -0.39 is 29.5 Å². The van der Waals surface area contributed by atoms with Crippen molar-refractivity contribution in [2.75, 3.05) is 6.67 Å². The molecular formula is C10H10ClF4N. The van der Waals surface area contributed by atoms with Gasteiger partial charge >= 0.3 is 6.18 Å². The van der Waals surface area contributed by atoms with Gasteiger partial charge in [-0.25, -0.2) is 0 Å². The van der Waals surface area contributed by atoms with Gasteiger partial charge in [-0.15, -0.1) is 0 Å². The van der Waals surface area contributed by atoms with Crippen molar-refractivity contribution in [2.24, 2.45) is 5.73 Å². The molecule has 0 spiro atoms. The second-order valence-electron chi connectivity index (χ2n) is 3.32. The van der Waals surface area contributed by atoms with Crippen LogP contribution >= 0.6 is 11.6 Å². The van der Waals surface area contributed by atoms with E-state index in [4.69, 9.17) is 17.3 Å². The van der Waals surface area contributed by atoms with Crippen molar-refractivity contribution in [1.29, 1.82) is 0 Å². The summed E-state index contributed by atoms with van der Waals surface area (Å²) >= 11 is 5.49. The summed E-state index contributed by atoms with van der Waals surface area (Å²) in [5, 5.41) is -0.417. The van der Waals surface area contributed by atoms with Crippen molar-refractivity contribution in [3.63, 3.8) is 0 Å². The molecule has 1 aromatic rings. The standard InChI is InChI=1S/C10H10ClF4N/c11-8-5-6(9(16)3-4-12)1-2-7(8)10(13,14)15/h1-2,5,9H,3-4,16H2/t9-/m1/s1. The Bertz CT molecular complexity index is 364. The summed E-state index contributed by atoms with van der Waals surface area (Å²) in [5.41, 5.74) is 5.04. The molecule has 0 aliphatic rings. The molecule has 16 heavy (non-hydrogen) atoms. The third kappa shape index (κ3) is 3.09. The highest BCUT2D eigenvalue weighted by molar-refractivity contribution is 6.31. The van der Waals surface area contributed by atoms with Crippen molar-refractivity contribution in [2.45, 2.75) is 18.6 Å². The van der Waals surface area contributed by atoms with Gasteiger partial charge in [0, 0.05) is 6.04 Å². The third-order valence-corrected chi connectivity index (χ3v) is 2.46. The van der Waals surface area contributed by atoms with Gasteiger partial charge in [0.2, 0.25) is 0 Å². The highest BCUT2D eigenvalue weighted by atomic mass is 35.5. The Morgan fingerprint density at radius 3 is 2.38 bits per heavy atom. The number of rotatable bonds is 3. The number of benzene rings is 1. The average molecular weight is 256 g/mol. The van der Waals surface area contributed by atoms with Gasteiger partial charge in [-0.05, 0) is 24.1 Å². The topological polar surface area (TPSA) is 26.0 Å². The molecule has 1 atom stereocenters. The van der Waals surface area contributed by atoms with E-state index in [2.05, 4.69) is 0 Å². The van der Waals surface area contributed by atoms with Crippen LogP contribution in [-0.2, 0) is 6.18 Å². The summed E-state index contributed by atoms with van der Waals surface area (Å²) in [7, 11) is 0. The van der Waals surface area contributed by atoms with Crippen LogP contribution in [-0.4, -0.2) is 6.67 Å². The Balaban J connectivity index is 3.00. The van der Waals surface area contributed by atoms with Crippen LogP contribution in [0.25, 0.3) is 0 Å². The van der Waals surface area contributed by atoms with E-state index in [1.165, 1.54) is 6.07 Å². The molecule has 90 valence electrons. The summed E-state index contributed by atoms with van der Waals surface area (Å²) in [6, 6.07) is 2.57. The summed E-state index contributed by atoms with van der Waals surface area (Å²) in [6.45, 7) is -0.625. The molecule has 0 bridgehead atoms. The number of alkyl halides is 4. The van der Waals surface area contributed by atoms with Crippen molar-refractivity contribution < 1.29 is 17.6 Å². The van der Waals surface area contributed by atoms with E-state index in [1.54, 1.807) is 0 Å². The number of nitrogens with two attached hydrogens (primary N) is 1. The summed E-state index contributed by atoms with van der Waals surface area (Å²) < 4.78 is 49.1. The van der Waals surface area contributed by atoms with Crippen molar-refractivity contribution in [1.82, 2.24) is 0 Å². The van der Waals surface area contributed by atoms with E-state index in [0.717, 1.165) is 12.1 Å². The highest BCUT2D eigenvalue weighted by Crippen LogP contribution is 2.35. The van der Waals surface area contributed by atoms with Gasteiger partial charge in [-0.3, -0.25) is 4.39 Å². The first-order valence-electron chi connectivity index (χ1n) is 4.54. The predicted molar refractivity (Wildman–Crippen MR) is 54.0 cm³/mol. The summed E-state index contributed by atoms with van der Waals surface area (Å²) in [5.74, 6) is 0. The maximum Gasteiger partial charge on any atom is 0.417 e. The van der Waals surface area contributed by atoms with Crippen molar-refractivity contribution in [3.05, 3.63) is 34.3 Å². The Kier molecular flexibility index (Phi) is 4.15. The molecule has 0 heterocycles. The van der Waals surface area contributed by atoms with Crippen LogP contribution in [0.15, 0.2) is 18.2 Å². The van der Waals surface area contributed by atoms with E-state index in [9.17, 15) is 17.6 Å². The van der Waals surface area contributed by atoms with Crippen molar-refractivity contribution >= 4 is 11.6 Å². The first-order chi connectivity index (χ1) is 7.36. The van der Waals surface area contributed by atoms with Gasteiger partial charge in [0.25, 0.3) is 0 Å².